The third-order valence-corrected chi connectivity index (χ3v) is 3.46. The second-order valence-electron chi connectivity index (χ2n) is 3.68. The van der Waals surface area contributed by atoms with Crippen molar-refractivity contribution in [3.05, 3.63) is 11.5 Å². The van der Waals surface area contributed by atoms with Gasteiger partial charge < -0.3 is 10.4 Å². The van der Waals surface area contributed by atoms with Crippen molar-refractivity contribution < 1.29 is 27.9 Å². The van der Waals surface area contributed by atoms with Crippen molar-refractivity contribution in [1.29, 1.82) is 0 Å². The van der Waals surface area contributed by atoms with E-state index in [1.54, 1.807) is 0 Å². The van der Waals surface area contributed by atoms with Gasteiger partial charge in [-0.1, -0.05) is 0 Å². The largest absolute Gasteiger partial charge is 0.481 e. The molecule has 0 saturated carbocycles. The molecular formula is C9H12N2O6S. The summed E-state index contributed by atoms with van der Waals surface area (Å²) >= 11 is 0. The van der Waals surface area contributed by atoms with Crippen molar-refractivity contribution in [3.63, 3.8) is 0 Å². The summed E-state index contributed by atoms with van der Waals surface area (Å²) in [6.45, 7) is 0. The van der Waals surface area contributed by atoms with Gasteiger partial charge in [-0.15, -0.1) is 0 Å². The summed E-state index contributed by atoms with van der Waals surface area (Å²) in [6.07, 6.45) is 0.606. The zero-order valence-corrected chi connectivity index (χ0v) is 10.1. The van der Waals surface area contributed by atoms with Crippen LogP contribution in [0.25, 0.3) is 0 Å². The molecule has 0 aromatic heterocycles. The second kappa shape index (κ2) is 5.63. The molecule has 1 rings (SSSR count). The molecule has 1 heterocycles. The van der Waals surface area contributed by atoms with Crippen LogP contribution in [0.1, 0.15) is 12.8 Å². The minimum absolute atomic E-state index is 0.246. The average Bonchev–Trinajstić information content (AvgIpc) is 2.54. The van der Waals surface area contributed by atoms with Crippen LogP contribution in [0.15, 0.2) is 11.5 Å². The van der Waals surface area contributed by atoms with E-state index < -0.39 is 33.8 Å². The molecule has 8 nitrogen and oxygen atoms in total. The van der Waals surface area contributed by atoms with Gasteiger partial charge in [0.05, 0.1) is 18.2 Å². The number of amides is 3. The Balaban J connectivity index is 2.32. The summed E-state index contributed by atoms with van der Waals surface area (Å²) in [5, 5.41) is 13.5. The minimum Gasteiger partial charge on any atom is -0.481 e. The predicted molar refractivity (Wildman–Crippen MR) is 60.3 cm³/mol. The summed E-state index contributed by atoms with van der Waals surface area (Å²) in [5.74, 6) is -2.13. The Morgan fingerprint density at radius 3 is 2.44 bits per heavy atom. The lowest BCUT2D eigenvalue weighted by Crippen LogP contribution is -2.44. The fourth-order valence-corrected chi connectivity index (χ4v) is 2.51. The Kier molecular flexibility index (Phi) is 4.43. The zero-order chi connectivity index (χ0) is 13.8. The molecular weight excluding hydrogens is 264 g/mol. The molecule has 3 amide bonds. The Morgan fingerprint density at radius 1 is 1.28 bits per heavy atom. The van der Waals surface area contributed by atoms with Crippen LogP contribution < -0.4 is 10.6 Å². The van der Waals surface area contributed by atoms with E-state index >= 15 is 0 Å². The van der Waals surface area contributed by atoms with Gasteiger partial charge in [-0.3, -0.25) is 14.9 Å². The molecule has 100 valence electrons. The average molecular weight is 276 g/mol. The number of urea groups is 1. The highest BCUT2D eigenvalue weighted by Crippen LogP contribution is 2.07. The molecule has 0 aromatic carbocycles. The highest BCUT2D eigenvalue weighted by atomic mass is 32.2. The molecule has 9 heteroatoms. The van der Waals surface area contributed by atoms with Crippen LogP contribution in [0.2, 0.25) is 0 Å². The number of sulfone groups is 1. The lowest BCUT2D eigenvalue weighted by atomic mass is 10.3. The van der Waals surface area contributed by atoms with Crippen molar-refractivity contribution in [3.8, 4) is 0 Å². The van der Waals surface area contributed by atoms with Crippen LogP contribution in [0.4, 0.5) is 4.79 Å². The molecule has 3 N–H and O–H groups in total. The topological polar surface area (TPSA) is 130 Å². The van der Waals surface area contributed by atoms with Gasteiger partial charge in [0.25, 0.3) is 0 Å². The number of carbonyl (C=O) groups excluding carboxylic acids is 2. The van der Waals surface area contributed by atoms with Crippen molar-refractivity contribution >= 4 is 27.7 Å². The van der Waals surface area contributed by atoms with Crippen LogP contribution in [-0.4, -0.2) is 43.2 Å². The maximum Gasteiger partial charge on any atom is 0.321 e. The van der Waals surface area contributed by atoms with E-state index in [-0.39, 0.29) is 18.6 Å². The number of carboxylic acid groups (broad SMARTS) is 1. The Labute approximate surface area is 103 Å². The molecule has 0 fully saturated rings. The molecule has 0 spiro atoms. The Morgan fingerprint density at radius 2 is 1.94 bits per heavy atom. The van der Waals surface area contributed by atoms with Gasteiger partial charge in [0.15, 0.2) is 9.84 Å². The van der Waals surface area contributed by atoms with Crippen molar-refractivity contribution in [2.24, 2.45) is 0 Å². The monoisotopic (exact) mass is 276 g/mol. The molecule has 1 atom stereocenters. The lowest BCUT2D eigenvalue weighted by molar-refractivity contribution is -0.138. The first-order chi connectivity index (χ1) is 8.28. The van der Waals surface area contributed by atoms with Crippen LogP contribution >= 0.6 is 0 Å². The normalized spacial score (nSPS) is 20.3. The molecule has 18 heavy (non-hydrogen) atoms. The van der Waals surface area contributed by atoms with E-state index in [9.17, 15) is 22.8 Å². The third kappa shape index (κ3) is 4.95. The molecule has 0 aromatic rings. The molecule has 0 saturated heterocycles. The smallest absolute Gasteiger partial charge is 0.321 e. The number of hydrogen-bond donors (Lipinski definition) is 3. The van der Waals surface area contributed by atoms with Crippen LogP contribution in [0, 0.1) is 0 Å². The maximum absolute atomic E-state index is 11.2. The van der Waals surface area contributed by atoms with E-state index in [2.05, 4.69) is 5.32 Å². The summed E-state index contributed by atoms with van der Waals surface area (Å²) in [4.78, 5) is 32.5. The van der Waals surface area contributed by atoms with Crippen molar-refractivity contribution in [2.45, 2.75) is 18.9 Å². The number of imide groups is 1. The van der Waals surface area contributed by atoms with E-state index in [1.807, 2.05) is 5.32 Å². The summed E-state index contributed by atoms with van der Waals surface area (Å²) in [7, 11) is -3.28. The minimum atomic E-state index is -3.28. The number of carbonyl (C=O) groups is 3. The first-order valence-electron chi connectivity index (χ1n) is 5.01. The summed E-state index contributed by atoms with van der Waals surface area (Å²) < 4.78 is 22.1. The summed E-state index contributed by atoms with van der Waals surface area (Å²) in [6, 6.07) is -1.53. The highest BCUT2D eigenvalue weighted by Gasteiger charge is 2.23. The molecule has 1 aliphatic heterocycles. The van der Waals surface area contributed by atoms with Crippen molar-refractivity contribution in [2.75, 3.05) is 5.75 Å². The lowest BCUT2D eigenvalue weighted by Gasteiger charge is -2.10. The number of aliphatic carboxylic acids is 1. The van der Waals surface area contributed by atoms with Crippen molar-refractivity contribution in [1.82, 2.24) is 10.6 Å². The van der Waals surface area contributed by atoms with Gasteiger partial charge in [-0.05, 0) is 6.08 Å². The van der Waals surface area contributed by atoms with Gasteiger partial charge in [0, 0.05) is 11.8 Å². The predicted octanol–water partition coefficient (Wildman–Crippen LogP) is -1.01. The van der Waals surface area contributed by atoms with E-state index in [1.165, 1.54) is 6.08 Å². The number of carboxylic acids is 1. The molecule has 0 aliphatic carbocycles. The summed E-state index contributed by atoms with van der Waals surface area (Å²) in [5.41, 5.74) is 0. The SMILES string of the molecule is O=C(O)CCC(=O)NC(=O)NC1C=CS(=O)(=O)C1. The van der Waals surface area contributed by atoms with Gasteiger partial charge >= 0.3 is 12.0 Å². The van der Waals surface area contributed by atoms with E-state index in [0.717, 1.165) is 5.41 Å². The Bertz CT molecular complexity index is 495. The number of rotatable bonds is 4. The van der Waals surface area contributed by atoms with Gasteiger partial charge in [-0.25, -0.2) is 13.2 Å². The quantitative estimate of drug-likeness (QED) is 0.603. The van der Waals surface area contributed by atoms with E-state index in [4.69, 9.17) is 5.11 Å². The zero-order valence-electron chi connectivity index (χ0n) is 9.25. The molecule has 0 bridgehead atoms. The molecule has 1 unspecified atom stereocenters. The van der Waals surface area contributed by atoms with Gasteiger partial charge in [0.2, 0.25) is 5.91 Å². The molecule has 1 aliphatic rings. The first-order valence-corrected chi connectivity index (χ1v) is 6.73. The molecule has 0 radical (unpaired) electrons. The fourth-order valence-electron chi connectivity index (χ4n) is 1.28. The number of hydrogen-bond acceptors (Lipinski definition) is 5. The maximum atomic E-state index is 11.2. The number of nitrogens with one attached hydrogen (secondary N) is 2. The fraction of sp³-hybridized carbons (Fsp3) is 0.444. The second-order valence-corrected chi connectivity index (χ2v) is 5.61. The Hall–Kier alpha value is -1.90. The van der Waals surface area contributed by atoms with E-state index in [0.29, 0.717) is 0 Å². The van der Waals surface area contributed by atoms with Gasteiger partial charge in [-0.2, -0.15) is 0 Å². The third-order valence-electron chi connectivity index (χ3n) is 2.07. The first kappa shape index (κ1) is 14.2. The van der Waals surface area contributed by atoms with Crippen LogP contribution in [-0.2, 0) is 19.4 Å². The highest BCUT2D eigenvalue weighted by molar-refractivity contribution is 7.94. The van der Waals surface area contributed by atoms with Gasteiger partial charge in [0.1, 0.15) is 0 Å². The standard InChI is InChI=1S/C9H12N2O6S/c12-7(1-2-8(13)14)11-9(15)10-6-3-4-18(16,17)5-6/h3-4,6H,1-2,5H2,(H,13,14)(H2,10,11,12,15). The van der Waals surface area contributed by atoms with Crippen LogP contribution in [0.5, 0.6) is 0 Å². The van der Waals surface area contributed by atoms with Crippen LogP contribution in [0.3, 0.4) is 0 Å².